The number of primary amides is 1. The van der Waals surface area contributed by atoms with Gasteiger partial charge in [-0.15, -0.1) is 0 Å². The molecule has 1 aromatic heterocycles. The largest absolute Gasteiger partial charge is 0.486 e. The van der Waals surface area contributed by atoms with Gasteiger partial charge in [-0.25, -0.2) is 4.98 Å². The van der Waals surface area contributed by atoms with Gasteiger partial charge in [-0.05, 0) is 42.0 Å². The molecule has 0 saturated carbocycles. The van der Waals surface area contributed by atoms with E-state index in [1.54, 1.807) is 12.1 Å². The number of imidazole rings is 1. The Kier molecular flexibility index (Phi) is 4.58. The number of ether oxygens (including phenoxy) is 1. The van der Waals surface area contributed by atoms with Gasteiger partial charge in [-0.1, -0.05) is 42.5 Å². The van der Waals surface area contributed by atoms with Gasteiger partial charge in [0.05, 0.1) is 11.0 Å². The minimum Gasteiger partial charge on any atom is -0.486 e. The molecule has 27 heavy (non-hydrogen) atoms. The minimum atomic E-state index is -0.424. The van der Waals surface area contributed by atoms with Crippen LogP contribution in [-0.2, 0) is 13.2 Å². The lowest BCUT2D eigenvalue weighted by Gasteiger charge is -2.11. The number of amides is 1. The highest BCUT2D eigenvalue weighted by Gasteiger charge is 2.12. The number of benzene rings is 3. The third-order valence-corrected chi connectivity index (χ3v) is 4.42. The summed E-state index contributed by atoms with van der Waals surface area (Å²) in [4.78, 5) is 16.0. The molecule has 134 valence electrons. The monoisotopic (exact) mass is 357 g/mol. The molecule has 1 amide bonds. The number of carbonyl (C=O) groups is 1. The SMILES string of the molecule is NC(=O)c1ccc(Cn2c(COc3ccccc3)nc3ccccc32)cc1. The molecule has 4 rings (SSSR count). The van der Waals surface area contributed by atoms with Crippen molar-refractivity contribution < 1.29 is 9.53 Å². The Morgan fingerprint density at radius 1 is 0.926 bits per heavy atom. The molecule has 4 aromatic rings. The van der Waals surface area contributed by atoms with Gasteiger partial charge in [0.1, 0.15) is 18.2 Å². The van der Waals surface area contributed by atoms with Gasteiger partial charge in [-0.2, -0.15) is 0 Å². The van der Waals surface area contributed by atoms with Crippen molar-refractivity contribution in [2.45, 2.75) is 13.2 Å². The zero-order chi connectivity index (χ0) is 18.6. The van der Waals surface area contributed by atoms with Gasteiger partial charge in [0.2, 0.25) is 5.91 Å². The van der Waals surface area contributed by atoms with Crippen LogP contribution in [0.4, 0.5) is 0 Å². The maximum absolute atomic E-state index is 11.3. The predicted molar refractivity (Wildman–Crippen MR) is 105 cm³/mol. The van der Waals surface area contributed by atoms with Crippen molar-refractivity contribution in [1.29, 1.82) is 0 Å². The second kappa shape index (κ2) is 7.33. The first-order chi connectivity index (χ1) is 13.2. The smallest absolute Gasteiger partial charge is 0.248 e. The molecule has 0 spiro atoms. The Balaban J connectivity index is 1.64. The Labute approximate surface area is 157 Å². The topological polar surface area (TPSA) is 70.1 Å². The van der Waals surface area contributed by atoms with Crippen molar-refractivity contribution in [2.24, 2.45) is 5.73 Å². The van der Waals surface area contributed by atoms with Crippen LogP contribution in [0.5, 0.6) is 5.75 Å². The molecule has 5 heteroatoms. The molecule has 2 N–H and O–H groups in total. The molecule has 0 aliphatic rings. The number of carbonyl (C=O) groups excluding carboxylic acids is 1. The van der Waals surface area contributed by atoms with Crippen molar-refractivity contribution in [3.8, 4) is 5.75 Å². The third-order valence-electron chi connectivity index (χ3n) is 4.42. The van der Waals surface area contributed by atoms with Crippen LogP contribution in [0.3, 0.4) is 0 Å². The minimum absolute atomic E-state index is 0.373. The van der Waals surface area contributed by atoms with Crippen LogP contribution in [0, 0.1) is 0 Å². The standard InChI is InChI=1S/C22H19N3O2/c23-22(26)17-12-10-16(11-13-17)14-25-20-9-5-4-8-19(20)24-21(25)15-27-18-6-2-1-3-7-18/h1-13H,14-15H2,(H2,23,26). The van der Waals surface area contributed by atoms with Gasteiger partial charge in [0, 0.05) is 12.1 Å². The lowest BCUT2D eigenvalue weighted by molar-refractivity contribution is 0.100. The van der Waals surface area contributed by atoms with Gasteiger partial charge < -0.3 is 15.0 Å². The zero-order valence-corrected chi connectivity index (χ0v) is 14.7. The number of fused-ring (bicyclic) bond motifs is 1. The predicted octanol–water partition coefficient (Wildman–Crippen LogP) is 3.76. The first-order valence-corrected chi connectivity index (χ1v) is 8.71. The first kappa shape index (κ1) is 16.8. The van der Waals surface area contributed by atoms with Crippen LogP contribution in [0.1, 0.15) is 21.7 Å². The molecule has 3 aromatic carbocycles. The summed E-state index contributed by atoms with van der Waals surface area (Å²) in [6.07, 6.45) is 0. The lowest BCUT2D eigenvalue weighted by atomic mass is 10.1. The third kappa shape index (κ3) is 3.67. The van der Waals surface area contributed by atoms with Crippen LogP contribution < -0.4 is 10.5 Å². The van der Waals surface area contributed by atoms with Crippen molar-refractivity contribution in [3.63, 3.8) is 0 Å². The molecule has 0 atom stereocenters. The summed E-state index contributed by atoms with van der Waals surface area (Å²) < 4.78 is 8.04. The van der Waals surface area contributed by atoms with E-state index in [9.17, 15) is 4.79 Å². The highest BCUT2D eigenvalue weighted by molar-refractivity contribution is 5.92. The maximum atomic E-state index is 11.3. The van der Waals surface area contributed by atoms with Crippen molar-refractivity contribution in [3.05, 3.63) is 95.8 Å². The van der Waals surface area contributed by atoms with Crippen molar-refractivity contribution in [2.75, 3.05) is 0 Å². The Morgan fingerprint density at radius 3 is 2.37 bits per heavy atom. The molecular weight excluding hydrogens is 338 g/mol. The van der Waals surface area contributed by atoms with Gasteiger partial charge >= 0.3 is 0 Å². The average molecular weight is 357 g/mol. The van der Waals surface area contributed by atoms with Crippen LogP contribution in [-0.4, -0.2) is 15.5 Å². The summed E-state index contributed by atoms with van der Waals surface area (Å²) in [6, 6.07) is 25.0. The van der Waals surface area contributed by atoms with E-state index < -0.39 is 5.91 Å². The van der Waals surface area contributed by atoms with Gasteiger partial charge in [0.15, 0.2) is 0 Å². The highest BCUT2D eigenvalue weighted by Crippen LogP contribution is 2.20. The molecule has 0 unspecified atom stereocenters. The Bertz CT molecular complexity index is 1070. The molecule has 0 aliphatic carbocycles. The summed E-state index contributed by atoms with van der Waals surface area (Å²) >= 11 is 0. The Morgan fingerprint density at radius 2 is 1.63 bits per heavy atom. The number of hydrogen-bond acceptors (Lipinski definition) is 3. The van der Waals surface area contributed by atoms with Crippen LogP contribution in [0.15, 0.2) is 78.9 Å². The number of nitrogens with zero attached hydrogens (tertiary/aromatic N) is 2. The number of nitrogens with two attached hydrogens (primary N) is 1. The number of hydrogen-bond donors (Lipinski definition) is 1. The first-order valence-electron chi connectivity index (χ1n) is 8.71. The molecular formula is C22H19N3O2. The number of para-hydroxylation sites is 3. The van der Waals surface area contributed by atoms with E-state index in [0.717, 1.165) is 28.2 Å². The molecule has 0 fully saturated rings. The summed E-state index contributed by atoms with van der Waals surface area (Å²) in [7, 11) is 0. The number of rotatable bonds is 6. The van der Waals surface area contributed by atoms with Crippen LogP contribution in [0.25, 0.3) is 11.0 Å². The van der Waals surface area contributed by atoms with E-state index in [1.807, 2.05) is 66.7 Å². The fraction of sp³-hybridized carbons (Fsp3) is 0.0909. The summed E-state index contributed by atoms with van der Waals surface area (Å²) in [5.74, 6) is 1.23. The lowest BCUT2D eigenvalue weighted by Crippen LogP contribution is -2.11. The molecule has 0 aliphatic heterocycles. The molecule has 0 radical (unpaired) electrons. The van der Waals surface area contributed by atoms with E-state index in [4.69, 9.17) is 15.5 Å². The second-order valence-corrected chi connectivity index (χ2v) is 6.27. The van der Waals surface area contributed by atoms with Crippen molar-refractivity contribution >= 4 is 16.9 Å². The fourth-order valence-corrected chi connectivity index (χ4v) is 3.03. The summed E-state index contributed by atoms with van der Waals surface area (Å²) in [5, 5.41) is 0. The molecule has 5 nitrogen and oxygen atoms in total. The fourth-order valence-electron chi connectivity index (χ4n) is 3.03. The molecule has 0 saturated heterocycles. The van der Waals surface area contributed by atoms with E-state index in [2.05, 4.69) is 4.57 Å². The van der Waals surface area contributed by atoms with E-state index in [-0.39, 0.29) is 0 Å². The van der Waals surface area contributed by atoms with Crippen LogP contribution in [0.2, 0.25) is 0 Å². The number of aromatic nitrogens is 2. The highest BCUT2D eigenvalue weighted by atomic mass is 16.5. The molecule has 0 bridgehead atoms. The summed E-state index contributed by atoms with van der Waals surface area (Å²) in [5.41, 5.74) is 8.86. The van der Waals surface area contributed by atoms with E-state index >= 15 is 0 Å². The average Bonchev–Trinajstić information content (AvgIpc) is 3.05. The summed E-state index contributed by atoms with van der Waals surface area (Å²) in [6.45, 7) is 1.01. The maximum Gasteiger partial charge on any atom is 0.248 e. The second-order valence-electron chi connectivity index (χ2n) is 6.27. The van der Waals surface area contributed by atoms with Gasteiger partial charge in [0.25, 0.3) is 0 Å². The van der Waals surface area contributed by atoms with Crippen LogP contribution >= 0.6 is 0 Å². The van der Waals surface area contributed by atoms with E-state index in [0.29, 0.717) is 18.7 Å². The molecule has 1 heterocycles. The Hall–Kier alpha value is -3.60. The normalized spacial score (nSPS) is 10.8. The van der Waals surface area contributed by atoms with Crippen molar-refractivity contribution in [1.82, 2.24) is 9.55 Å². The zero-order valence-electron chi connectivity index (χ0n) is 14.7. The quantitative estimate of drug-likeness (QED) is 0.571. The van der Waals surface area contributed by atoms with Gasteiger partial charge in [-0.3, -0.25) is 4.79 Å². The van der Waals surface area contributed by atoms with E-state index in [1.165, 1.54) is 0 Å².